The van der Waals surface area contributed by atoms with Crippen molar-refractivity contribution in [1.82, 2.24) is 4.90 Å². The minimum atomic E-state index is -0.780. The van der Waals surface area contributed by atoms with Crippen molar-refractivity contribution in [3.63, 3.8) is 0 Å². The molecule has 4 aromatic rings. The molecule has 0 aliphatic carbocycles. The zero-order valence-corrected chi connectivity index (χ0v) is 20.2. The van der Waals surface area contributed by atoms with Crippen LogP contribution in [0.1, 0.15) is 41.8 Å². The number of carbonyl (C=O) groups is 2. The van der Waals surface area contributed by atoms with E-state index in [0.717, 1.165) is 34.1 Å². The van der Waals surface area contributed by atoms with Gasteiger partial charge in [0, 0.05) is 5.56 Å². The van der Waals surface area contributed by atoms with Crippen LogP contribution in [0.3, 0.4) is 0 Å². The molecule has 1 aliphatic rings. The van der Waals surface area contributed by atoms with E-state index in [-0.39, 0.29) is 17.9 Å². The van der Waals surface area contributed by atoms with Gasteiger partial charge in [0.15, 0.2) is 0 Å². The van der Waals surface area contributed by atoms with Crippen LogP contribution in [0.4, 0.5) is 0 Å². The smallest absolute Gasteiger partial charge is 0.296 e. The fourth-order valence-electron chi connectivity index (χ4n) is 4.75. The molecular weight excluding hydrogens is 454 g/mol. The lowest BCUT2D eigenvalue weighted by Gasteiger charge is -2.25. The van der Waals surface area contributed by atoms with Crippen molar-refractivity contribution in [2.45, 2.75) is 32.9 Å². The Balaban J connectivity index is 1.68. The summed E-state index contributed by atoms with van der Waals surface area (Å²) in [5.74, 6) is -0.336. The van der Waals surface area contributed by atoms with Crippen molar-refractivity contribution in [2.24, 2.45) is 0 Å². The van der Waals surface area contributed by atoms with Gasteiger partial charge in [0.1, 0.15) is 17.3 Å². The van der Waals surface area contributed by atoms with Crippen LogP contribution >= 0.6 is 0 Å². The van der Waals surface area contributed by atoms with E-state index in [4.69, 9.17) is 9.15 Å². The fraction of sp³-hybridized carbons (Fsp3) is 0.200. The molecule has 36 heavy (non-hydrogen) atoms. The number of hydrogen-bond donors (Lipinski definition) is 1. The SMILES string of the molecule is CCCOc1ccc(/C(O)=C2/C(=O)C(=O)N(Cc3ccco3)C2c2cccc3ccccc23)cc1C. The Hall–Kier alpha value is -4.32. The number of fused-ring (bicyclic) bond motifs is 1. The Morgan fingerprint density at radius 2 is 1.83 bits per heavy atom. The van der Waals surface area contributed by atoms with Crippen molar-refractivity contribution in [3.05, 3.63) is 107 Å². The zero-order valence-electron chi connectivity index (χ0n) is 20.2. The summed E-state index contributed by atoms with van der Waals surface area (Å²) >= 11 is 0. The number of aryl methyl sites for hydroxylation is 1. The molecule has 6 heteroatoms. The summed E-state index contributed by atoms with van der Waals surface area (Å²) in [7, 11) is 0. The Morgan fingerprint density at radius 1 is 1.03 bits per heavy atom. The van der Waals surface area contributed by atoms with Crippen LogP contribution in [0.25, 0.3) is 16.5 Å². The molecule has 182 valence electrons. The highest BCUT2D eigenvalue weighted by Crippen LogP contribution is 2.43. The van der Waals surface area contributed by atoms with Gasteiger partial charge in [-0.1, -0.05) is 49.4 Å². The van der Waals surface area contributed by atoms with E-state index >= 15 is 0 Å². The topological polar surface area (TPSA) is 80.0 Å². The second-order valence-electron chi connectivity index (χ2n) is 8.90. The van der Waals surface area contributed by atoms with Crippen molar-refractivity contribution < 1.29 is 23.8 Å². The number of aliphatic hydroxyl groups is 1. The van der Waals surface area contributed by atoms with E-state index in [1.165, 1.54) is 11.2 Å². The maximum Gasteiger partial charge on any atom is 0.296 e. The Bertz CT molecular complexity index is 1460. The number of amides is 1. The molecule has 1 amide bonds. The van der Waals surface area contributed by atoms with Gasteiger partial charge < -0.3 is 19.2 Å². The second-order valence-corrected chi connectivity index (χ2v) is 8.90. The molecule has 1 fully saturated rings. The highest BCUT2D eigenvalue weighted by Gasteiger charge is 2.46. The van der Waals surface area contributed by atoms with Crippen LogP contribution in [-0.2, 0) is 16.1 Å². The summed E-state index contributed by atoms with van der Waals surface area (Å²) in [5.41, 5.74) is 2.11. The molecule has 1 unspecified atom stereocenters. The molecule has 2 heterocycles. The van der Waals surface area contributed by atoms with Gasteiger partial charge in [-0.05, 0) is 65.6 Å². The second kappa shape index (κ2) is 9.74. The average molecular weight is 482 g/mol. The monoisotopic (exact) mass is 481 g/mol. The molecule has 1 atom stereocenters. The minimum Gasteiger partial charge on any atom is -0.507 e. The summed E-state index contributed by atoms with van der Waals surface area (Å²) in [6.45, 7) is 4.61. The molecule has 1 aliphatic heterocycles. The minimum absolute atomic E-state index is 0.0598. The molecular formula is C30H27NO5. The number of ketones is 1. The first-order valence-electron chi connectivity index (χ1n) is 12.0. The highest BCUT2D eigenvalue weighted by atomic mass is 16.5. The van der Waals surface area contributed by atoms with Crippen LogP contribution in [-0.4, -0.2) is 28.3 Å². The largest absolute Gasteiger partial charge is 0.507 e. The molecule has 5 rings (SSSR count). The fourth-order valence-corrected chi connectivity index (χ4v) is 4.75. The third-order valence-corrected chi connectivity index (χ3v) is 6.47. The van der Waals surface area contributed by atoms with E-state index in [0.29, 0.717) is 17.9 Å². The summed E-state index contributed by atoms with van der Waals surface area (Å²) < 4.78 is 11.3. The number of furan rings is 1. The normalized spacial score (nSPS) is 17.2. The van der Waals surface area contributed by atoms with Crippen molar-refractivity contribution >= 4 is 28.2 Å². The van der Waals surface area contributed by atoms with Crippen LogP contribution in [0.15, 0.2) is 89.0 Å². The lowest BCUT2D eigenvalue weighted by molar-refractivity contribution is -0.140. The van der Waals surface area contributed by atoms with Gasteiger partial charge in [0.05, 0.1) is 31.0 Å². The standard InChI is InChI=1S/C30H27NO5/c1-3-15-36-25-14-13-21(17-19(25)2)28(32)26-27(24-12-6-9-20-8-4-5-11-23(20)24)31(30(34)29(26)33)18-22-10-7-16-35-22/h4-14,16-17,27,32H,3,15,18H2,1-2H3/b28-26-. The predicted octanol–water partition coefficient (Wildman–Crippen LogP) is 6.15. The molecule has 1 N–H and O–H groups in total. The van der Waals surface area contributed by atoms with Crippen LogP contribution < -0.4 is 4.74 Å². The van der Waals surface area contributed by atoms with Gasteiger partial charge in [0.25, 0.3) is 11.7 Å². The lowest BCUT2D eigenvalue weighted by Crippen LogP contribution is -2.29. The number of carbonyl (C=O) groups excluding carboxylic acids is 2. The zero-order chi connectivity index (χ0) is 25.2. The summed E-state index contributed by atoms with van der Waals surface area (Å²) in [4.78, 5) is 28.2. The van der Waals surface area contributed by atoms with E-state index in [9.17, 15) is 14.7 Å². The predicted molar refractivity (Wildman–Crippen MR) is 137 cm³/mol. The number of nitrogens with zero attached hydrogens (tertiary/aromatic N) is 1. The number of Topliss-reactive ketones (excluding diaryl/α,β-unsaturated/α-hetero) is 1. The number of rotatable bonds is 7. The van der Waals surface area contributed by atoms with Crippen LogP contribution in [0.5, 0.6) is 5.75 Å². The first kappa shape index (κ1) is 23.4. The first-order chi connectivity index (χ1) is 17.5. The number of hydrogen-bond acceptors (Lipinski definition) is 5. The van der Waals surface area contributed by atoms with Gasteiger partial charge >= 0.3 is 0 Å². The van der Waals surface area contributed by atoms with Gasteiger partial charge in [-0.25, -0.2) is 0 Å². The van der Waals surface area contributed by atoms with E-state index in [2.05, 4.69) is 0 Å². The van der Waals surface area contributed by atoms with Gasteiger partial charge in [-0.3, -0.25) is 9.59 Å². The van der Waals surface area contributed by atoms with E-state index < -0.39 is 17.7 Å². The van der Waals surface area contributed by atoms with E-state index in [1.807, 2.05) is 56.3 Å². The van der Waals surface area contributed by atoms with Crippen molar-refractivity contribution in [3.8, 4) is 5.75 Å². The molecule has 0 bridgehead atoms. The molecule has 0 radical (unpaired) electrons. The van der Waals surface area contributed by atoms with Crippen molar-refractivity contribution in [2.75, 3.05) is 6.61 Å². The van der Waals surface area contributed by atoms with Gasteiger partial charge in [-0.15, -0.1) is 0 Å². The average Bonchev–Trinajstić information content (AvgIpc) is 3.49. The maximum atomic E-state index is 13.4. The summed E-state index contributed by atoms with van der Waals surface area (Å²) in [6, 6.07) is 21.6. The highest BCUT2D eigenvalue weighted by molar-refractivity contribution is 6.46. The third-order valence-electron chi connectivity index (χ3n) is 6.47. The summed E-state index contributed by atoms with van der Waals surface area (Å²) in [6.07, 6.45) is 2.41. The molecule has 0 spiro atoms. The quantitative estimate of drug-likeness (QED) is 0.194. The third kappa shape index (κ3) is 4.15. The molecule has 6 nitrogen and oxygen atoms in total. The lowest BCUT2D eigenvalue weighted by atomic mass is 9.91. The van der Waals surface area contributed by atoms with E-state index in [1.54, 1.807) is 30.3 Å². The molecule has 1 aromatic heterocycles. The number of likely N-dealkylation sites (tertiary alicyclic amines) is 1. The Labute approximate surface area is 209 Å². The Kier molecular flexibility index (Phi) is 6.34. The molecule has 0 saturated carbocycles. The van der Waals surface area contributed by atoms with Crippen LogP contribution in [0, 0.1) is 6.92 Å². The molecule has 3 aromatic carbocycles. The number of ether oxygens (including phenoxy) is 1. The first-order valence-corrected chi connectivity index (χ1v) is 12.0. The Morgan fingerprint density at radius 3 is 2.58 bits per heavy atom. The number of aliphatic hydroxyl groups excluding tert-OH is 1. The van der Waals surface area contributed by atoms with Crippen LogP contribution in [0.2, 0.25) is 0 Å². The van der Waals surface area contributed by atoms with Gasteiger partial charge in [0.2, 0.25) is 0 Å². The summed E-state index contributed by atoms with van der Waals surface area (Å²) in [5, 5.41) is 13.3. The van der Waals surface area contributed by atoms with Crippen molar-refractivity contribution in [1.29, 1.82) is 0 Å². The number of benzene rings is 3. The molecule has 1 saturated heterocycles. The maximum absolute atomic E-state index is 13.4. The van der Waals surface area contributed by atoms with Gasteiger partial charge in [-0.2, -0.15) is 0 Å².